The Kier molecular flexibility index (Phi) is 3.44. The van der Waals surface area contributed by atoms with Gasteiger partial charge in [0.1, 0.15) is 5.75 Å². The molecule has 4 heteroatoms. The molecule has 90 valence electrons. The molecular weight excluding hydrogens is 214 g/mol. The number of rotatable bonds is 4. The van der Waals surface area contributed by atoms with Crippen LogP contribution in [-0.2, 0) is 6.54 Å². The second-order valence-electron chi connectivity index (χ2n) is 3.97. The number of methoxy groups -OCH3 is 1. The third-order valence-electron chi connectivity index (χ3n) is 2.73. The minimum absolute atomic E-state index is 0.596. The Morgan fingerprint density at radius 3 is 2.88 bits per heavy atom. The molecule has 0 atom stereocenters. The highest BCUT2D eigenvalue weighted by atomic mass is 16.5. The van der Waals surface area contributed by atoms with Crippen molar-refractivity contribution in [2.75, 3.05) is 13.7 Å². The van der Waals surface area contributed by atoms with Crippen molar-refractivity contribution in [1.29, 1.82) is 0 Å². The summed E-state index contributed by atoms with van der Waals surface area (Å²) < 4.78 is 7.16. The molecular formula is C13H17N3O. The zero-order valence-electron chi connectivity index (χ0n) is 10.2. The van der Waals surface area contributed by atoms with Gasteiger partial charge in [-0.2, -0.15) is 5.10 Å². The van der Waals surface area contributed by atoms with E-state index < -0.39 is 0 Å². The molecule has 0 bridgehead atoms. The summed E-state index contributed by atoms with van der Waals surface area (Å²) in [6.07, 6.45) is 3.84. The van der Waals surface area contributed by atoms with E-state index in [4.69, 9.17) is 10.5 Å². The molecule has 0 aliphatic rings. The molecule has 0 aliphatic carbocycles. The van der Waals surface area contributed by atoms with Crippen LogP contribution in [0.1, 0.15) is 5.56 Å². The van der Waals surface area contributed by atoms with Gasteiger partial charge in [0, 0.05) is 18.3 Å². The minimum atomic E-state index is 0.596. The molecule has 0 fully saturated rings. The summed E-state index contributed by atoms with van der Waals surface area (Å²) in [6.45, 7) is 3.36. The predicted molar refractivity (Wildman–Crippen MR) is 68.0 cm³/mol. The van der Waals surface area contributed by atoms with Crippen molar-refractivity contribution < 1.29 is 4.74 Å². The van der Waals surface area contributed by atoms with Crippen molar-refractivity contribution >= 4 is 0 Å². The number of hydrogen-bond acceptors (Lipinski definition) is 3. The van der Waals surface area contributed by atoms with Crippen molar-refractivity contribution in [2.45, 2.75) is 13.5 Å². The largest absolute Gasteiger partial charge is 0.496 e. The first-order chi connectivity index (χ1) is 8.24. The molecule has 0 saturated carbocycles. The van der Waals surface area contributed by atoms with Crippen LogP contribution >= 0.6 is 0 Å². The quantitative estimate of drug-likeness (QED) is 0.873. The van der Waals surface area contributed by atoms with Crippen LogP contribution in [0.5, 0.6) is 5.75 Å². The van der Waals surface area contributed by atoms with Crippen molar-refractivity contribution in [3.8, 4) is 16.9 Å². The SMILES string of the molecule is COc1cc(-c2cnn(CCN)c2)ccc1C. The predicted octanol–water partition coefficient (Wildman–Crippen LogP) is 1.83. The lowest BCUT2D eigenvalue weighted by atomic mass is 10.1. The van der Waals surface area contributed by atoms with Gasteiger partial charge in [-0.1, -0.05) is 12.1 Å². The lowest BCUT2D eigenvalue weighted by molar-refractivity contribution is 0.412. The third kappa shape index (κ3) is 2.47. The highest BCUT2D eigenvalue weighted by Gasteiger charge is 2.04. The van der Waals surface area contributed by atoms with Gasteiger partial charge in [0.25, 0.3) is 0 Å². The van der Waals surface area contributed by atoms with Gasteiger partial charge in [0.05, 0.1) is 19.9 Å². The van der Waals surface area contributed by atoms with Gasteiger partial charge < -0.3 is 10.5 Å². The summed E-state index contributed by atoms with van der Waals surface area (Å²) in [5.74, 6) is 0.897. The standard InChI is InChI=1S/C13H17N3O/c1-10-3-4-11(7-13(10)17-2)12-8-15-16(9-12)6-5-14/h3-4,7-9H,5-6,14H2,1-2H3. The number of aryl methyl sites for hydroxylation is 1. The van der Waals surface area contributed by atoms with Crippen molar-refractivity contribution in [3.05, 3.63) is 36.2 Å². The number of nitrogens with zero attached hydrogens (tertiary/aromatic N) is 2. The fourth-order valence-electron chi connectivity index (χ4n) is 1.77. The summed E-state index contributed by atoms with van der Waals surface area (Å²) in [4.78, 5) is 0. The van der Waals surface area contributed by atoms with Crippen LogP contribution in [0, 0.1) is 6.92 Å². The number of ether oxygens (including phenoxy) is 1. The molecule has 0 radical (unpaired) electrons. The van der Waals surface area contributed by atoms with E-state index in [2.05, 4.69) is 17.2 Å². The Hall–Kier alpha value is -1.81. The summed E-state index contributed by atoms with van der Waals surface area (Å²) in [6, 6.07) is 6.15. The molecule has 1 aromatic heterocycles. The lowest BCUT2D eigenvalue weighted by Gasteiger charge is -2.06. The van der Waals surface area contributed by atoms with Gasteiger partial charge in [-0.3, -0.25) is 4.68 Å². The van der Waals surface area contributed by atoms with E-state index in [1.165, 1.54) is 0 Å². The molecule has 0 aliphatic heterocycles. The first kappa shape index (κ1) is 11.7. The second-order valence-corrected chi connectivity index (χ2v) is 3.97. The van der Waals surface area contributed by atoms with Crippen LogP contribution in [0.4, 0.5) is 0 Å². The molecule has 17 heavy (non-hydrogen) atoms. The van der Waals surface area contributed by atoms with E-state index in [1.54, 1.807) is 7.11 Å². The summed E-state index contributed by atoms with van der Waals surface area (Å²) in [7, 11) is 1.68. The van der Waals surface area contributed by atoms with E-state index in [0.717, 1.165) is 29.0 Å². The van der Waals surface area contributed by atoms with E-state index in [9.17, 15) is 0 Å². The Labute approximate surface area is 101 Å². The van der Waals surface area contributed by atoms with Crippen LogP contribution in [-0.4, -0.2) is 23.4 Å². The van der Waals surface area contributed by atoms with Crippen molar-refractivity contribution in [2.24, 2.45) is 5.73 Å². The van der Waals surface area contributed by atoms with Crippen LogP contribution in [0.3, 0.4) is 0 Å². The van der Waals surface area contributed by atoms with Gasteiger partial charge in [-0.05, 0) is 24.1 Å². The number of benzene rings is 1. The van der Waals surface area contributed by atoms with Crippen LogP contribution < -0.4 is 10.5 Å². The fourth-order valence-corrected chi connectivity index (χ4v) is 1.77. The van der Waals surface area contributed by atoms with Crippen molar-refractivity contribution in [1.82, 2.24) is 9.78 Å². The molecule has 2 aromatic rings. The van der Waals surface area contributed by atoms with E-state index in [0.29, 0.717) is 6.54 Å². The van der Waals surface area contributed by atoms with Gasteiger partial charge in [0.2, 0.25) is 0 Å². The number of hydrogen-bond donors (Lipinski definition) is 1. The molecule has 4 nitrogen and oxygen atoms in total. The average Bonchev–Trinajstić information content (AvgIpc) is 2.79. The van der Waals surface area contributed by atoms with Crippen LogP contribution in [0.2, 0.25) is 0 Å². The maximum atomic E-state index is 5.49. The molecule has 0 unspecified atom stereocenters. The molecule has 0 saturated heterocycles. The normalized spacial score (nSPS) is 10.5. The van der Waals surface area contributed by atoms with Crippen molar-refractivity contribution in [3.63, 3.8) is 0 Å². The van der Waals surface area contributed by atoms with Gasteiger partial charge >= 0.3 is 0 Å². The maximum Gasteiger partial charge on any atom is 0.122 e. The monoisotopic (exact) mass is 231 g/mol. The molecule has 0 amide bonds. The van der Waals surface area contributed by atoms with Gasteiger partial charge in [-0.25, -0.2) is 0 Å². The Morgan fingerprint density at radius 1 is 1.35 bits per heavy atom. The Balaban J connectivity index is 2.32. The molecule has 2 N–H and O–H groups in total. The Morgan fingerprint density at radius 2 is 2.18 bits per heavy atom. The smallest absolute Gasteiger partial charge is 0.122 e. The summed E-state index contributed by atoms with van der Waals surface area (Å²) in [5, 5.41) is 4.26. The first-order valence-electron chi connectivity index (χ1n) is 5.62. The minimum Gasteiger partial charge on any atom is -0.496 e. The molecule has 1 heterocycles. The van der Waals surface area contributed by atoms with Gasteiger partial charge in [-0.15, -0.1) is 0 Å². The fraction of sp³-hybridized carbons (Fsp3) is 0.308. The molecule has 1 aromatic carbocycles. The maximum absolute atomic E-state index is 5.49. The summed E-state index contributed by atoms with van der Waals surface area (Å²) >= 11 is 0. The van der Waals surface area contributed by atoms with E-state index in [1.807, 2.05) is 30.1 Å². The number of aromatic nitrogens is 2. The highest BCUT2D eigenvalue weighted by Crippen LogP contribution is 2.26. The number of nitrogens with two attached hydrogens (primary N) is 1. The second kappa shape index (κ2) is 5.01. The lowest BCUT2D eigenvalue weighted by Crippen LogP contribution is -2.09. The van der Waals surface area contributed by atoms with E-state index >= 15 is 0 Å². The third-order valence-corrected chi connectivity index (χ3v) is 2.73. The van der Waals surface area contributed by atoms with Crippen LogP contribution in [0.25, 0.3) is 11.1 Å². The topological polar surface area (TPSA) is 53.1 Å². The average molecular weight is 231 g/mol. The summed E-state index contributed by atoms with van der Waals surface area (Å²) in [5.41, 5.74) is 8.81. The molecule has 0 spiro atoms. The van der Waals surface area contributed by atoms with Crippen LogP contribution in [0.15, 0.2) is 30.6 Å². The zero-order chi connectivity index (χ0) is 12.3. The zero-order valence-corrected chi connectivity index (χ0v) is 10.2. The van der Waals surface area contributed by atoms with E-state index in [-0.39, 0.29) is 0 Å². The first-order valence-corrected chi connectivity index (χ1v) is 5.62. The molecule has 2 rings (SSSR count). The van der Waals surface area contributed by atoms with Gasteiger partial charge in [0.15, 0.2) is 0 Å². The Bertz CT molecular complexity index is 505. The highest BCUT2D eigenvalue weighted by molar-refractivity contribution is 5.64.